The minimum absolute atomic E-state index is 0.0597. The molecule has 0 radical (unpaired) electrons. The van der Waals surface area contributed by atoms with Crippen LogP contribution in [-0.4, -0.2) is 32.9 Å². The van der Waals surface area contributed by atoms with E-state index in [0.29, 0.717) is 0 Å². The Bertz CT molecular complexity index is 209. The first-order valence-electron chi connectivity index (χ1n) is 3.96. The summed E-state index contributed by atoms with van der Waals surface area (Å²) < 4.78 is 0. The second-order valence-electron chi connectivity index (χ2n) is 3.36. The summed E-state index contributed by atoms with van der Waals surface area (Å²) in [6.45, 7) is 2.63. The van der Waals surface area contributed by atoms with Crippen molar-refractivity contribution in [3.05, 3.63) is 0 Å². The van der Waals surface area contributed by atoms with E-state index >= 15 is 0 Å². The summed E-state index contributed by atoms with van der Waals surface area (Å²) >= 11 is 0. The van der Waals surface area contributed by atoms with E-state index in [-0.39, 0.29) is 12.8 Å². The smallest absolute Gasteiger partial charge is 0.335 e. The molecule has 5 heteroatoms. The molecule has 76 valence electrons. The number of rotatable bonds is 5. The molecular formula is C8H14O5. The summed E-state index contributed by atoms with van der Waals surface area (Å²) in [7, 11) is 0. The maximum absolute atomic E-state index is 10.4. The van der Waals surface area contributed by atoms with Crippen molar-refractivity contribution in [3.8, 4) is 0 Å². The zero-order valence-corrected chi connectivity index (χ0v) is 7.65. The normalized spacial score (nSPS) is 17.5. The summed E-state index contributed by atoms with van der Waals surface area (Å²) in [5.41, 5.74) is -1.83. The largest absolute Gasteiger partial charge is 0.481 e. The van der Waals surface area contributed by atoms with Crippen LogP contribution < -0.4 is 0 Å². The molecule has 0 amide bonds. The van der Waals surface area contributed by atoms with Crippen LogP contribution in [0, 0.1) is 5.92 Å². The van der Waals surface area contributed by atoms with Gasteiger partial charge in [0.05, 0.1) is 5.92 Å². The average Bonchev–Trinajstić information content (AvgIpc) is 1.99. The average molecular weight is 190 g/mol. The molecule has 0 aromatic heterocycles. The second-order valence-corrected chi connectivity index (χ2v) is 3.36. The van der Waals surface area contributed by atoms with E-state index in [9.17, 15) is 14.7 Å². The third-order valence-corrected chi connectivity index (χ3v) is 1.95. The van der Waals surface area contributed by atoms with E-state index in [0.717, 1.165) is 6.92 Å². The van der Waals surface area contributed by atoms with E-state index in [1.165, 1.54) is 6.92 Å². The fourth-order valence-corrected chi connectivity index (χ4v) is 0.728. The standard InChI is InChI=1S/C8H14O5/c1-5(6(9)10)3-4-8(2,13)7(11)12/h5,13H,3-4H2,1-2H3,(H,9,10)(H,11,12). The molecule has 0 saturated carbocycles. The number of hydrogen-bond acceptors (Lipinski definition) is 3. The number of aliphatic hydroxyl groups is 1. The van der Waals surface area contributed by atoms with Crippen molar-refractivity contribution in [2.24, 2.45) is 5.92 Å². The van der Waals surface area contributed by atoms with Gasteiger partial charge in [0.25, 0.3) is 0 Å². The lowest BCUT2D eigenvalue weighted by atomic mass is 9.95. The Morgan fingerprint density at radius 2 is 1.85 bits per heavy atom. The number of carboxylic acid groups (broad SMARTS) is 2. The summed E-state index contributed by atoms with van der Waals surface area (Å²) in [4.78, 5) is 20.8. The first kappa shape index (κ1) is 11.9. The first-order chi connectivity index (χ1) is 5.77. The highest BCUT2D eigenvalue weighted by Gasteiger charge is 2.30. The number of hydrogen-bond donors (Lipinski definition) is 3. The Morgan fingerprint density at radius 3 is 2.15 bits per heavy atom. The van der Waals surface area contributed by atoms with Crippen LogP contribution in [0.1, 0.15) is 26.7 Å². The third kappa shape index (κ3) is 3.89. The molecule has 0 aliphatic heterocycles. The molecule has 0 aliphatic rings. The molecule has 13 heavy (non-hydrogen) atoms. The molecule has 0 saturated heterocycles. The molecule has 5 nitrogen and oxygen atoms in total. The van der Waals surface area contributed by atoms with Crippen LogP contribution in [0.4, 0.5) is 0 Å². The van der Waals surface area contributed by atoms with Gasteiger partial charge in [0.15, 0.2) is 5.60 Å². The van der Waals surface area contributed by atoms with Crippen molar-refractivity contribution in [2.75, 3.05) is 0 Å². The Kier molecular flexibility index (Phi) is 3.87. The number of carbonyl (C=O) groups is 2. The van der Waals surface area contributed by atoms with Gasteiger partial charge in [-0.3, -0.25) is 4.79 Å². The summed E-state index contributed by atoms with van der Waals surface area (Å²) in [6.07, 6.45) is 0.0877. The van der Waals surface area contributed by atoms with Gasteiger partial charge in [-0.05, 0) is 19.8 Å². The van der Waals surface area contributed by atoms with Gasteiger partial charge in [-0.1, -0.05) is 6.92 Å². The fraction of sp³-hybridized carbons (Fsp3) is 0.750. The SMILES string of the molecule is CC(CCC(C)(O)C(=O)O)C(=O)O. The van der Waals surface area contributed by atoms with Crippen LogP contribution in [0.2, 0.25) is 0 Å². The highest BCUT2D eigenvalue weighted by Crippen LogP contribution is 2.16. The predicted octanol–water partition coefficient (Wildman–Crippen LogP) is 0.323. The van der Waals surface area contributed by atoms with Crippen molar-refractivity contribution < 1.29 is 24.9 Å². The highest BCUT2D eigenvalue weighted by atomic mass is 16.4. The monoisotopic (exact) mass is 190 g/mol. The summed E-state index contributed by atoms with van der Waals surface area (Å²) in [5.74, 6) is -2.95. The van der Waals surface area contributed by atoms with Crippen molar-refractivity contribution >= 4 is 11.9 Å². The molecule has 0 heterocycles. The Labute approximate surface area is 76.0 Å². The van der Waals surface area contributed by atoms with Crippen LogP contribution in [0.5, 0.6) is 0 Å². The van der Waals surface area contributed by atoms with E-state index in [1.54, 1.807) is 0 Å². The van der Waals surface area contributed by atoms with Crippen LogP contribution >= 0.6 is 0 Å². The van der Waals surface area contributed by atoms with Crippen LogP contribution in [0.15, 0.2) is 0 Å². The zero-order chi connectivity index (χ0) is 10.6. The highest BCUT2D eigenvalue weighted by molar-refractivity contribution is 5.76. The molecule has 2 atom stereocenters. The maximum Gasteiger partial charge on any atom is 0.335 e. The van der Waals surface area contributed by atoms with Crippen LogP contribution in [0.3, 0.4) is 0 Å². The summed E-state index contributed by atoms with van der Waals surface area (Å²) in [6, 6.07) is 0. The van der Waals surface area contributed by atoms with Gasteiger partial charge >= 0.3 is 11.9 Å². The van der Waals surface area contributed by atoms with Gasteiger partial charge in [0, 0.05) is 0 Å². The Balaban J connectivity index is 4.02. The number of aliphatic carboxylic acids is 2. The molecule has 0 rings (SSSR count). The molecule has 0 aromatic carbocycles. The van der Waals surface area contributed by atoms with Crippen molar-refractivity contribution in [1.82, 2.24) is 0 Å². The van der Waals surface area contributed by atoms with E-state index < -0.39 is 23.5 Å². The van der Waals surface area contributed by atoms with Gasteiger partial charge in [0.2, 0.25) is 0 Å². The molecule has 0 aliphatic carbocycles. The Morgan fingerprint density at radius 1 is 1.38 bits per heavy atom. The van der Waals surface area contributed by atoms with Crippen molar-refractivity contribution in [3.63, 3.8) is 0 Å². The minimum Gasteiger partial charge on any atom is -0.481 e. The molecule has 0 bridgehead atoms. The van der Waals surface area contributed by atoms with E-state index in [2.05, 4.69) is 0 Å². The van der Waals surface area contributed by atoms with Gasteiger partial charge < -0.3 is 15.3 Å². The molecule has 2 unspecified atom stereocenters. The van der Waals surface area contributed by atoms with Gasteiger partial charge in [-0.25, -0.2) is 4.79 Å². The molecule has 0 spiro atoms. The molecule has 3 N–H and O–H groups in total. The quantitative estimate of drug-likeness (QED) is 0.580. The predicted molar refractivity (Wildman–Crippen MR) is 44.3 cm³/mol. The minimum atomic E-state index is -1.83. The first-order valence-corrected chi connectivity index (χ1v) is 3.96. The van der Waals surface area contributed by atoms with E-state index in [1.807, 2.05) is 0 Å². The lowest BCUT2D eigenvalue weighted by Gasteiger charge is -2.18. The van der Waals surface area contributed by atoms with Gasteiger partial charge in [-0.2, -0.15) is 0 Å². The van der Waals surface area contributed by atoms with Gasteiger partial charge in [-0.15, -0.1) is 0 Å². The van der Waals surface area contributed by atoms with Crippen molar-refractivity contribution in [2.45, 2.75) is 32.3 Å². The Hall–Kier alpha value is -1.10. The molecule has 0 aromatic rings. The lowest BCUT2D eigenvalue weighted by molar-refractivity contribution is -0.158. The third-order valence-electron chi connectivity index (χ3n) is 1.95. The fourth-order valence-electron chi connectivity index (χ4n) is 0.728. The number of carboxylic acids is 2. The van der Waals surface area contributed by atoms with E-state index in [4.69, 9.17) is 10.2 Å². The molecular weight excluding hydrogens is 176 g/mol. The second kappa shape index (κ2) is 4.23. The topological polar surface area (TPSA) is 94.8 Å². The summed E-state index contributed by atoms with van der Waals surface area (Å²) in [5, 5.41) is 26.2. The van der Waals surface area contributed by atoms with Gasteiger partial charge in [0.1, 0.15) is 0 Å². The lowest BCUT2D eigenvalue weighted by Crippen LogP contribution is -2.35. The van der Waals surface area contributed by atoms with Crippen molar-refractivity contribution in [1.29, 1.82) is 0 Å². The molecule has 0 fully saturated rings. The van der Waals surface area contributed by atoms with Crippen LogP contribution in [-0.2, 0) is 9.59 Å². The van der Waals surface area contributed by atoms with Crippen LogP contribution in [0.25, 0.3) is 0 Å². The maximum atomic E-state index is 10.4. The zero-order valence-electron chi connectivity index (χ0n) is 7.65.